The molecular weight excluding hydrogens is 663 g/mol. The van der Waals surface area contributed by atoms with Gasteiger partial charge in [-0.25, -0.2) is 15.0 Å². The highest BCUT2D eigenvalue weighted by atomic mass is 15.1. The summed E-state index contributed by atoms with van der Waals surface area (Å²) in [4.78, 5) is 24.4. The van der Waals surface area contributed by atoms with E-state index >= 15 is 0 Å². The van der Waals surface area contributed by atoms with Crippen molar-refractivity contribution in [1.29, 1.82) is 0 Å². The molecule has 0 saturated carbocycles. The van der Waals surface area contributed by atoms with E-state index in [0.717, 1.165) is 60.9 Å². The van der Waals surface area contributed by atoms with Gasteiger partial charge in [-0.2, -0.15) is 0 Å². The summed E-state index contributed by atoms with van der Waals surface area (Å²) in [6.07, 6.45) is 7.73. The SMILES string of the molecule is c1ccc(-c2nc(-c3ccccc3)nc(-c3cccc(-n4c5cnccc5c5c6ccccc6c6c7ccncc7n(-c7ccccc7)c6c54)c3)n2)cc1. The second-order valence-corrected chi connectivity index (χ2v) is 13.4. The summed E-state index contributed by atoms with van der Waals surface area (Å²) in [7, 11) is 0. The van der Waals surface area contributed by atoms with Crippen LogP contribution in [0, 0.1) is 0 Å². The van der Waals surface area contributed by atoms with E-state index in [1.54, 1.807) is 0 Å². The zero-order chi connectivity index (χ0) is 35.6. The van der Waals surface area contributed by atoms with Crippen LogP contribution in [0.2, 0.25) is 0 Å². The molecule has 0 bridgehead atoms. The van der Waals surface area contributed by atoms with Crippen LogP contribution in [0.25, 0.3) is 99.9 Å². The Kier molecular flexibility index (Phi) is 6.72. The maximum absolute atomic E-state index is 5.07. The number of pyridine rings is 2. The number of hydrogen-bond acceptors (Lipinski definition) is 5. The molecule has 0 amide bonds. The Balaban J connectivity index is 1.26. The minimum Gasteiger partial charge on any atom is -0.306 e. The largest absolute Gasteiger partial charge is 0.306 e. The number of rotatable bonds is 5. The molecule has 0 N–H and O–H groups in total. The third-order valence-electron chi connectivity index (χ3n) is 10.3. The van der Waals surface area contributed by atoms with Crippen molar-refractivity contribution in [2.24, 2.45) is 0 Å². The molecule has 0 saturated heterocycles. The normalized spacial score (nSPS) is 11.7. The van der Waals surface area contributed by atoms with Crippen LogP contribution < -0.4 is 0 Å². The molecule has 7 heteroatoms. The van der Waals surface area contributed by atoms with Crippen LogP contribution >= 0.6 is 0 Å². The lowest BCUT2D eigenvalue weighted by atomic mass is 9.99. The Morgan fingerprint density at radius 2 is 0.778 bits per heavy atom. The Morgan fingerprint density at radius 3 is 1.31 bits per heavy atom. The Bertz CT molecular complexity index is 3150. The molecule has 6 aromatic carbocycles. The summed E-state index contributed by atoms with van der Waals surface area (Å²) in [6.45, 7) is 0. The summed E-state index contributed by atoms with van der Waals surface area (Å²) < 4.78 is 4.72. The summed E-state index contributed by atoms with van der Waals surface area (Å²) in [5.41, 5.74) is 9.05. The molecule has 54 heavy (non-hydrogen) atoms. The van der Waals surface area contributed by atoms with Crippen LogP contribution in [0.3, 0.4) is 0 Å². The molecule has 11 rings (SSSR count). The summed E-state index contributed by atoms with van der Waals surface area (Å²) in [6, 6.07) is 52.3. The van der Waals surface area contributed by atoms with Gasteiger partial charge in [-0.1, -0.05) is 115 Å². The predicted octanol–water partition coefficient (Wildman–Crippen LogP) is 11.0. The quantitative estimate of drug-likeness (QED) is 0.180. The lowest BCUT2D eigenvalue weighted by Crippen LogP contribution is -2.02. The highest BCUT2D eigenvalue weighted by Gasteiger charge is 2.25. The number of fused-ring (bicyclic) bond motifs is 10. The average molecular weight is 692 g/mol. The number of para-hydroxylation sites is 1. The Labute approximate surface area is 309 Å². The van der Waals surface area contributed by atoms with Crippen LogP contribution in [0.15, 0.2) is 176 Å². The third kappa shape index (κ3) is 4.58. The predicted molar refractivity (Wildman–Crippen MR) is 218 cm³/mol. The molecule has 7 nitrogen and oxygen atoms in total. The van der Waals surface area contributed by atoms with E-state index in [2.05, 4.69) is 110 Å². The first-order chi connectivity index (χ1) is 26.8. The molecule has 0 radical (unpaired) electrons. The Morgan fingerprint density at radius 1 is 0.352 bits per heavy atom. The van der Waals surface area contributed by atoms with Gasteiger partial charge in [0.05, 0.1) is 34.5 Å². The first-order valence-corrected chi connectivity index (χ1v) is 17.9. The van der Waals surface area contributed by atoms with Crippen molar-refractivity contribution < 1.29 is 0 Å². The standard InChI is InChI=1S/C47H29N7/c1-4-13-30(14-5-1)45-50-46(31-15-6-2-7-16-31)52-47(51-45)32-17-12-20-34(27-32)54-40-29-49-26-24-38(40)42-36-22-11-10-21-35(36)41-37-23-25-48-28-39(37)53(43(41)44(42)54)33-18-8-3-9-19-33/h1-29H. The molecule has 5 heterocycles. The number of aromatic nitrogens is 7. The summed E-state index contributed by atoms with van der Waals surface area (Å²) in [5.74, 6) is 1.85. The molecule has 0 spiro atoms. The fourth-order valence-electron chi connectivity index (χ4n) is 8.02. The highest BCUT2D eigenvalue weighted by molar-refractivity contribution is 6.36. The van der Waals surface area contributed by atoms with E-state index in [9.17, 15) is 0 Å². The van der Waals surface area contributed by atoms with E-state index in [1.165, 1.54) is 21.5 Å². The third-order valence-corrected chi connectivity index (χ3v) is 10.3. The van der Waals surface area contributed by atoms with Crippen LogP contribution in [-0.2, 0) is 0 Å². The topological polar surface area (TPSA) is 74.3 Å². The van der Waals surface area contributed by atoms with Crippen molar-refractivity contribution in [2.75, 3.05) is 0 Å². The fourth-order valence-corrected chi connectivity index (χ4v) is 8.02. The number of benzene rings is 6. The lowest BCUT2D eigenvalue weighted by molar-refractivity contribution is 1.07. The lowest BCUT2D eigenvalue weighted by Gasteiger charge is -2.14. The van der Waals surface area contributed by atoms with Crippen LogP contribution in [0.1, 0.15) is 0 Å². The van der Waals surface area contributed by atoms with E-state index in [0.29, 0.717) is 17.5 Å². The number of hydrogen-bond donors (Lipinski definition) is 0. The minimum absolute atomic E-state index is 0.600. The van der Waals surface area contributed by atoms with E-state index < -0.39 is 0 Å². The van der Waals surface area contributed by atoms with Crippen molar-refractivity contribution in [3.63, 3.8) is 0 Å². The summed E-state index contributed by atoms with van der Waals surface area (Å²) in [5, 5.41) is 7.02. The zero-order valence-corrected chi connectivity index (χ0v) is 28.9. The van der Waals surface area contributed by atoms with Gasteiger partial charge in [0, 0.05) is 62.0 Å². The highest BCUT2D eigenvalue weighted by Crippen LogP contribution is 2.46. The first-order valence-electron chi connectivity index (χ1n) is 17.9. The van der Waals surface area contributed by atoms with Crippen LogP contribution in [-0.4, -0.2) is 34.1 Å². The van der Waals surface area contributed by atoms with E-state index in [-0.39, 0.29) is 0 Å². The van der Waals surface area contributed by atoms with Gasteiger partial charge < -0.3 is 9.13 Å². The van der Waals surface area contributed by atoms with Gasteiger partial charge in [0.15, 0.2) is 17.5 Å². The van der Waals surface area contributed by atoms with Gasteiger partial charge in [-0.05, 0) is 47.2 Å². The second-order valence-electron chi connectivity index (χ2n) is 13.4. The minimum atomic E-state index is 0.600. The van der Waals surface area contributed by atoms with Crippen molar-refractivity contribution in [2.45, 2.75) is 0 Å². The van der Waals surface area contributed by atoms with Crippen molar-refractivity contribution >= 4 is 54.4 Å². The zero-order valence-electron chi connectivity index (χ0n) is 28.9. The molecule has 252 valence electrons. The number of nitrogens with zero attached hydrogens (tertiary/aromatic N) is 7. The van der Waals surface area contributed by atoms with Crippen LogP contribution in [0.4, 0.5) is 0 Å². The molecule has 0 fully saturated rings. The first kappa shape index (κ1) is 30.1. The molecular formula is C47H29N7. The van der Waals surface area contributed by atoms with Gasteiger partial charge in [0.1, 0.15) is 0 Å². The molecule has 0 aliphatic heterocycles. The monoisotopic (exact) mass is 691 g/mol. The van der Waals surface area contributed by atoms with Gasteiger partial charge in [-0.3, -0.25) is 9.97 Å². The fraction of sp³-hybridized carbons (Fsp3) is 0. The van der Waals surface area contributed by atoms with E-state index in [4.69, 9.17) is 15.0 Å². The van der Waals surface area contributed by atoms with Gasteiger partial charge in [0.25, 0.3) is 0 Å². The summed E-state index contributed by atoms with van der Waals surface area (Å²) >= 11 is 0. The van der Waals surface area contributed by atoms with Crippen molar-refractivity contribution in [1.82, 2.24) is 34.1 Å². The molecule has 0 atom stereocenters. The maximum atomic E-state index is 5.07. The van der Waals surface area contributed by atoms with Gasteiger partial charge in [0.2, 0.25) is 0 Å². The molecule has 5 aromatic heterocycles. The van der Waals surface area contributed by atoms with Gasteiger partial charge in [-0.15, -0.1) is 0 Å². The van der Waals surface area contributed by atoms with Crippen molar-refractivity contribution in [3.05, 3.63) is 176 Å². The Hall–Kier alpha value is -7.51. The van der Waals surface area contributed by atoms with Crippen molar-refractivity contribution in [3.8, 4) is 45.5 Å². The van der Waals surface area contributed by atoms with Gasteiger partial charge >= 0.3 is 0 Å². The molecule has 0 aliphatic rings. The van der Waals surface area contributed by atoms with E-state index in [1.807, 2.05) is 85.5 Å². The smallest absolute Gasteiger partial charge is 0.164 e. The molecule has 0 aliphatic carbocycles. The van der Waals surface area contributed by atoms with Crippen LogP contribution in [0.5, 0.6) is 0 Å². The second kappa shape index (κ2) is 12.0. The molecule has 0 unspecified atom stereocenters. The molecule has 11 aromatic rings. The maximum Gasteiger partial charge on any atom is 0.164 e. The average Bonchev–Trinajstić information content (AvgIpc) is 3.79.